The number of hydrogen-bond acceptors (Lipinski definition) is 6. The van der Waals surface area contributed by atoms with Gasteiger partial charge in [-0.15, -0.1) is 5.10 Å². The number of benzene rings is 1. The van der Waals surface area contributed by atoms with Gasteiger partial charge in [-0.2, -0.15) is 30.6 Å². The molecule has 17 heteroatoms. The van der Waals surface area contributed by atoms with Gasteiger partial charge in [0, 0.05) is 62.6 Å². The number of aromatic nitrogens is 3. The summed E-state index contributed by atoms with van der Waals surface area (Å²) in [5, 5.41) is 7.08. The molecule has 1 aromatic carbocycles. The molecule has 43 heavy (non-hydrogen) atoms. The van der Waals surface area contributed by atoms with Crippen molar-refractivity contribution in [3.63, 3.8) is 0 Å². The number of carbonyl (C=O) groups is 1. The second-order valence-electron chi connectivity index (χ2n) is 11.4. The molecular formula is C26H31F8N5O3S. The number of carbonyl (C=O) groups excluding carboxylic acids is 1. The average Bonchev–Trinajstić information content (AvgIpc) is 3.35. The van der Waals surface area contributed by atoms with Crippen LogP contribution in [0, 0.1) is 0 Å². The third-order valence-electron chi connectivity index (χ3n) is 8.38. The van der Waals surface area contributed by atoms with Crippen molar-refractivity contribution in [3.05, 3.63) is 41.1 Å². The van der Waals surface area contributed by atoms with E-state index >= 15 is 0 Å². The number of piperazine rings is 1. The van der Waals surface area contributed by atoms with E-state index in [1.54, 1.807) is 13.8 Å². The van der Waals surface area contributed by atoms with Crippen LogP contribution in [0.2, 0.25) is 0 Å². The zero-order valence-electron chi connectivity index (χ0n) is 23.5. The monoisotopic (exact) mass is 645 g/mol. The lowest BCUT2D eigenvalue weighted by molar-refractivity contribution is -0.143. The van der Waals surface area contributed by atoms with Crippen LogP contribution in [0.3, 0.4) is 0 Å². The number of ketones is 1. The lowest BCUT2D eigenvalue weighted by Crippen LogP contribution is -2.65. The van der Waals surface area contributed by atoms with Crippen LogP contribution in [0.1, 0.15) is 73.9 Å². The second kappa shape index (κ2) is 11.4. The van der Waals surface area contributed by atoms with Crippen LogP contribution in [0.5, 0.6) is 0 Å². The Balaban J connectivity index is 1.61. The first-order valence-electron chi connectivity index (χ1n) is 13.5. The predicted octanol–water partition coefficient (Wildman–Crippen LogP) is 5.55. The molecule has 1 aromatic heterocycles. The van der Waals surface area contributed by atoms with E-state index in [0.717, 1.165) is 0 Å². The van der Waals surface area contributed by atoms with E-state index in [-0.39, 0.29) is 43.4 Å². The van der Waals surface area contributed by atoms with Crippen LogP contribution in [0.25, 0.3) is 0 Å². The highest BCUT2D eigenvalue weighted by atomic mass is 32.2. The molecule has 8 nitrogen and oxygen atoms in total. The Hall–Kier alpha value is -2.66. The van der Waals surface area contributed by atoms with Crippen molar-refractivity contribution < 1.29 is 48.3 Å². The van der Waals surface area contributed by atoms with E-state index in [9.17, 15) is 48.3 Å². The topological polar surface area (TPSA) is 88.4 Å². The number of hydrogen-bond donors (Lipinski definition) is 0. The lowest BCUT2D eigenvalue weighted by Gasteiger charge is -2.55. The van der Waals surface area contributed by atoms with Crippen LogP contribution in [-0.2, 0) is 29.4 Å². The molecular weight excluding hydrogens is 614 g/mol. The standard InChI is InChI=1S/C26H31F8N5O3S/c1-16-14-39(43(41,42)22-15-37(3)36-35-22)17(2)13-38(16)23(8-10-24(27,28)11-9-23)7-6-21(40)19-5-4-18(25(29,30)31)12-20(19)26(32,33)34/h4-5,12,15-17H,6-11,13-14H2,1-3H3. The zero-order valence-corrected chi connectivity index (χ0v) is 24.3. The highest BCUT2D eigenvalue weighted by Gasteiger charge is 2.51. The highest BCUT2D eigenvalue weighted by Crippen LogP contribution is 2.46. The Morgan fingerprint density at radius 1 is 0.977 bits per heavy atom. The molecule has 2 unspecified atom stereocenters. The molecule has 0 radical (unpaired) electrons. The molecule has 2 aromatic rings. The summed E-state index contributed by atoms with van der Waals surface area (Å²) >= 11 is 0. The van der Waals surface area contributed by atoms with Gasteiger partial charge >= 0.3 is 12.4 Å². The van der Waals surface area contributed by atoms with Gasteiger partial charge in [-0.1, -0.05) is 11.3 Å². The Labute approximate surface area is 243 Å². The van der Waals surface area contributed by atoms with E-state index in [0.29, 0.717) is 12.1 Å². The van der Waals surface area contributed by atoms with E-state index < -0.39 is 87.7 Å². The van der Waals surface area contributed by atoms with Crippen LogP contribution in [0.4, 0.5) is 35.1 Å². The average molecular weight is 646 g/mol. The largest absolute Gasteiger partial charge is 0.417 e. The Kier molecular flexibility index (Phi) is 8.78. The molecule has 1 saturated carbocycles. The molecule has 2 heterocycles. The molecule has 2 fully saturated rings. The fourth-order valence-corrected chi connectivity index (χ4v) is 7.71. The maximum atomic E-state index is 14.3. The van der Waals surface area contributed by atoms with Gasteiger partial charge in [-0.05, 0) is 45.2 Å². The summed E-state index contributed by atoms with van der Waals surface area (Å²) in [6, 6.07) is -0.410. The number of alkyl halides is 8. The molecule has 1 aliphatic heterocycles. The van der Waals surface area contributed by atoms with Crippen LogP contribution >= 0.6 is 0 Å². The van der Waals surface area contributed by atoms with E-state index in [4.69, 9.17) is 0 Å². The van der Waals surface area contributed by atoms with Crippen molar-refractivity contribution in [3.8, 4) is 0 Å². The molecule has 2 aliphatic rings. The summed E-state index contributed by atoms with van der Waals surface area (Å²) in [6.07, 6.45) is -11.1. The van der Waals surface area contributed by atoms with Crippen LogP contribution < -0.4 is 0 Å². The van der Waals surface area contributed by atoms with Gasteiger partial charge in [-0.3, -0.25) is 14.4 Å². The van der Waals surface area contributed by atoms with E-state index in [1.165, 1.54) is 22.2 Å². The number of Topliss-reactive ketones (excluding diaryl/α,β-unsaturated/α-hetero) is 1. The van der Waals surface area contributed by atoms with Gasteiger partial charge in [0.2, 0.25) is 10.9 Å². The summed E-state index contributed by atoms with van der Waals surface area (Å²) in [6.45, 7) is 3.34. The molecule has 1 saturated heterocycles. The quantitative estimate of drug-likeness (QED) is 0.290. The SMILES string of the molecule is CC1CN(S(=O)(=O)c2cn(C)nn2)C(C)CN1C1(CCC(=O)c2ccc(C(F)(F)F)cc2C(F)(F)F)CCC(F)(F)CC1. The summed E-state index contributed by atoms with van der Waals surface area (Å²) in [5.74, 6) is -4.06. The molecule has 0 spiro atoms. The molecule has 0 bridgehead atoms. The predicted molar refractivity (Wildman–Crippen MR) is 137 cm³/mol. The van der Waals surface area contributed by atoms with E-state index in [1.807, 2.05) is 4.90 Å². The number of sulfonamides is 1. The fourth-order valence-electron chi connectivity index (χ4n) is 6.10. The first-order valence-corrected chi connectivity index (χ1v) is 14.9. The Morgan fingerprint density at radius 3 is 2.14 bits per heavy atom. The van der Waals surface area contributed by atoms with Crippen molar-refractivity contribution in [2.45, 2.75) is 93.3 Å². The fraction of sp³-hybridized carbons (Fsp3) is 0.654. The summed E-state index contributed by atoms with van der Waals surface area (Å²) in [5.41, 5.74) is -5.29. The summed E-state index contributed by atoms with van der Waals surface area (Å²) in [4.78, 5) is 15.0. The first kappa shape index (κ1) is 33.2. The van der Waals surface area contributed by atoms with Crippen LogP contribution in [-0.4, -0.2) is 75.0 Å². The number of rotatable bonds is 7. The Morgan fingerprint density at radius 2 is 1.60 bits per heavy atom. The van der Waals surface area contributed by atoms with Gasteiger partial charge in [0.1, 0.15) is 0 Å². The maximum absolute atomic E-state index is 14.3. The number of halogens is 8. The molecule has 4 rings (SSSR count). The smallest absolute Gasteiger partial charge is 0.294 e. The first-order chi connectivity index (χ1) is 19.7. The molecule has 240 valence electrons. The van der Waals surface area contributed by atoms with E-state index in [2.05, 4.69) is 10.3 Å². The highest BCUT2D eigenvalue weighted by molar-refractivity contribution is 7.89. The minimum atomic E-state index is -5.24. The molecule has 2 atom stereocenters. The van der Waals surface area contributed by atoms with Gasteiger partial charge in [0.25, 0.3) is 10.0 Å². The second-order valence-corrected chi connectivity index (χ2v) is 13.3. The van der Waals surface area contributed by atoms with Gasteiger partial charge < -0.3 is 0 Å². The van der Waals surface area contributed by atoms with Gasteiger partial charge in [0.15, 0.2) is 5.78 Å². The molecule has 0 amide bonds. The third kappa shape index (κ3) is 6.87. The van der Waals surface area contributed by atoms with Gasteiger partial charge in [-0.25, -0.2) is 17.2 Å². The maximum Gasteiger partial charge on any atom is 0.417 e. The summed E-state index contributed by atoms with van der Waals surface area (Å²) in [7, 11) is -2.56. The summed E-state index contributed by atoms with van der Waals surface area (Å²) < 4.78 is 138. The zero-order chi connectivity index (χ0) is 32.2. The van der Waals surface area contributed by atoms with Crippen molar-refractivity contribution in [2.75, 3.05) is 13.1 Å². The molecule has 1 aliphatic carbocycles. The lowest BCUT2D eigenvalue weighted by atomic mass is 9.73. The van der Waals surface area contributed by atoms with Gasteiger partial charge in [0.05, 0.1) is 17.3 Å². The van der Waals surface area contributed by atoms with Crippen molar-refractivity contribution >= 4 is 15.8 Å². The Bertz CT molecular complexity index is 1450. The number of nitrogens with zero attached hydrogens (tertiary/aromatic N) is 5. The minimum Gasteiger partial charge on any atom is -0.294 e. The number of aryl methyl sites for hydroxylation is 1. The third-order valence-corrected chi connectivity index (χ3v) is 10.2. The normalized spacial score (nSPS) is 23.8. The van der Waals surface area contributed by atoms with Crippen molar-refractivity contribution in [2.24, 2.45) is 7.05 Å². The van der Waals surface area contributed by atoms with Crippen LogP contribution in [0.15, 0.2) is 29.4 Å². The van der Waals surface area contributed by atoms with Crippen molar-refractivity contribution in [1.82, 2.24) is 24.2 Å². The molecule has 0 N–H and O–H groups in total. The minimum absolute atomic E-state index is 0.0523. The van der Waals surface area contributed by atoms with Crippen molar-refractivity contribution in [1.29, 1.82) is 0 Å².